The fourth-order valence-electron chi connectivity index (χ4n) is 3.48. The maximum absolute atomic E-state index is 12.7. The van der Waals surface area contributed by atoms with E-state index < -0.39 is 22.1 Å². The molecule has 0 unspecified atom stereocenters. The molecule has 0 aromatic heterocycles. The van der Waals surface area contributed by atoms with E-state index in [1.165, 1.54) is 26.4 Å². The number of ether oxygens (including phenoxy) is 2. The second-order valence-electron chi connectivity index (χ2n) is 7.27. The molecule has 1 aliphatic rings. The Bertz CT molecular complexity index is 1080. The van der Waals surface area contributed by atoms with Crippen molar-refractivity contribution in [2.75, 3.05) is 27.3 Å². The van der Waals surface area contributed by atoms with E-state index in [0.29, 0.717) is 28.4 Å². The lowest BCUT2D eigenvalue weighted by atomic mass is 10.00. The number of amides is 1. The van der Waals surface area contributed by atoms with Crippen LogP contribution in [0.15, 0.2) is 41.3 Å². The molecule has 32 heavy (non-hydrogen) atoms. The number of hydrogen-bond acceptors (Lipinski definition) is 5. The van der Waals surface area contributed by atoms with Crippen LogP contribution < -0.4 is 14.2 Å². The smallest absolute Gasteiger partial charge is 0.471 e. The van der Waals surface area contributed by atoms with Gasteiger partial charge in [-0.25, -0.2) is 13.1 Å². The first-order valence-electron chi connectivity index (χ1n) is 9.73. The maximum Gasteiger partial charge on any atom is 0.471 e. The van der Waals surface area contributed by atoms with E-state index >= 15 is 0 Å². The molecule has 0 fully saturated rings. The highest BCUT2D eigenvalue weighted by atomic mass is 32.2. The number of benzene rings is 2. The third-order valence-electron chi connectivity index (χ3n) is 5.15. The Morgan fingerprint density at radius 3 is 2.31 bits per heavy atom. The molecule has 174 valence electrons. The minimum atomic E-state index is -4.97. The van der Waals surface area contributed by atoms with Crippen LogP contribution in [0.4, 0.5) is 13.2 Å². The maximum atomic E-state index is 12.7. The van der Waals surface area contributed by atoms with E-state index in [0.717, 1.165) is 11.1 Å². The van der Waals surface area contributed by atoms with Crippen LogP contribution in [0.3, 0.4) is 0 Å². The minimum Gasteiger partial charge on any atom is -0.497 e. The van der Waals surface area contributed by atoms with E-state index in [9.17, 15) is 26.4 Å². The highest BCUT2D eigenvalue weighted by Gasteiger charge is 2.43. The first-order valence-corrected chi connectivity index (χ1v) is 11.2. The standard InChI is InChI=1S/C21H23F3N2O5S/c1-30-17-9-14(10-18(12-17)31-2)5-7-25-32(28,29)19-4-3-15-6-8-26(13-16(15)11-19)20(27)21(22,23)24/h3-4,9-12,25H,5-8,13H2,1-2H3. The summed E-state index contributed by atoms with van der Waals surface area (Å²) in [7, 11) is -0.870. The molecule has 2 aromatic rings. The Hall–Kier alpha value is -2.79. The molecule has 0 saturated carbocycles. The molecule has 0 aliphatic carbocycles. The average molecular weight is 472 g/mol. The lowest BCUT2D eigenvalue weighted by Gasteiger charge is -2.29. The summed E-state index contributed by atoms with van der Waals surface area (Å²) in [5, 5.41) is 0. The summed E-state index contributed by atoms with van der Waals surface area (Å²) >= 11 is 0. The normalized spacial score (nSPS) is 14.1. The van der Waals surface area contributed by atoms with Crippen LogP contribution in [0.5, 0.6) is 11.5 Å². The molecule has 0 saturated heterocycles. The van der Waals surface area contributed by atoms with E-state index in [4.69, 9.17) is 9.47 Å². The van der Waals surface area contributed by atoms with Gasteiger partial charge in [0.05, 0.1) is 19.1 Å². The molecule has 1 aliphatic heterocycles. The molecule has 11 heteroatoms. The summed E-state index contributed by atoms with van der Waals surface area (Å²) in [5.41, 5.74) is 1.91. The average Bonchev–Trinajstić information content (AvgIpc) is 2.76. The van der Waals surface area contributed by atoms with Crippen LogP contribution in [-0.4, -0.2) is 52.7 Å². The van der Waals surface area contributed by atoms with Gasteiger partial charge in [-0.05, 0) is 53.8 Å². The van der Waals surface area contributed by atoms with Crippen LogP contribution in [0.1, 0.15) is 16.7 Å². The lowest BCUT2D eigenvalue weighted by Crippen LogP contribution is -2.43. The van der Waals surface area contributed by atoms with Gasteiger partial charge in [-0.15, -0.1) is 0 Å². The number of nitrogens with zero attached hydrogens (tertiary/aromatic N) is 1. The van der Waals surface area contributed by atoms with Gasteiger partial charge in [-0.2, -0.15) is 13.2 Å². The topological polar surface area (TPSA) is 84.9 Å². The van der Waals surface area contributed by atoms with E-state index in [-0.39, 0.29) is 31.0 Å². The van der Waals surface area contributed by atoms with Crippen molar-refractivity contribution < 1.29 is 35.9 Å². The van der Waals surface area contributed by atoms with Crippen molar-refractivity contribution in [1.82, 2.24) is 9.62 Å². The van der Waals surface area contributed by atoms with Crippen molar-refractivity contribution in [3.05, 3.63) is 53.1 Å². The van der Waals surface area contributed by atoms with Gasteiger partial charge >= 0.3 is 12.1 Å². The summed E-state index contributed by atoms with van der Waals surface area (Å²) < 4.78 is 76.5. The highest BCUT2D eigenvalue weighted by Crippen LogP contribution is 2.27. The molecule has 7 nitrogen and oxygen atoms in total. The summed E-state index contributed by atoms with van der Waals surface area (Å²) in [6.07, 6.45) is -4.38. The van der Waals surface area contributed by atoms with Crippen molar-refractivity contribution in [2.45, 2.75) is 30.5 Å². The lowest BCUT2D eigenvalue weighted by molar-refractivity contribution is -0.186. The van der Waals surface area contributed by atoms with Crippen LogP contribution in [0, 0.1) is 0 Å². The van der Waals surface area contributed by atoms with E-state index in [1.54, 1.807) is 24.3 Å². The van der Waals surface area contributed by atoms with Crippen LogP contribution in [0.25, 0.3) is 0 Å². The van der Waals surface area contributed by atoms with Gasteiger partial charge in [0.1, 0.15) is 11.5 Å². The largest absolute Gasteiger partial charge is 0.497 e. The van der Waals surface area contributed by atoms with Crippen molar-refractivity contribution in [3.8, 4) is 11.5 Å². The molecule has 1 N–H and O–H groups in total. The van der Waals surface area contributed by atoms with E-state index in [2.05, 4.69) is 4.72 Å². The Kier molecular flexibility index (Phi) is 6.99. The molecule has 0 atom stereocenters. The van der Waals surface area contributed by atoms with Crippen molar-refractivity contribution >= 4 is 15.9 Å². The number of carbonyl (C=O) groups excluding carboxylic acids is 1. The number of nitrogens with one attached hydrogen (secondary N) is 1. The molecule has 1 amide bonds. The van der Waals surface area contributed by atoms with Gasteiger partial charge in [-0.1, -0.05) is 6.07 Å². The number of hydrogen-bond donors (Lipinski definition) is 1. The monoisotopic (exact) mass is 472 g/mol. The predicted octanol–water partition coefficient (Wildman–Crippen LogP) is 2.67. The summed E-state index contributed by atoms with van der Waals surface area (Å²) in [6.45, 7) is -0.269. The Labute approximate surface area is 184 Å². The van der Waals surface area contributed by atoms with Crippen molar-refractivity contribution in [2.24, 2.45) is 0 Å². The molecule has 0 bridgehead atoms. The second kappa shape index (κ2) is 9.37. The molecular weight excluding hydrogens is 449 g/mol. The zero-order chi connectivity index (χ0) is 23.5. The van der Waals surface area contributed by atoms with Gasteiger partial charge in [0.25, 0.3) is 0 Å². The van der Waals surface area contributed by atoms with Gasteiger partial charge in [-0.3, -0.25) is 4.79 Å². The van der Waals surface area contributed by atoms with Crippen LogP contribution >= 0.6 is 0 Å². The third kappa shape index (κ3) is 5.52. The molecule has 1 heterocycles. The molecular formula is C21H23F3N2O5S. The number of halogens is 3. The number of alkyl halides is 3. The summed E-state index contributed by atoms with van der Waals surface area (Å²) in [5.74, 6) is -0.770. The molecule has 2 aromatic carbocycles. The zero-order valence-electron chi connectivity index (χ0n) is 17.5. The Morgan fingerprint density at radius 1 is 1.06 bits per heavy atom. The number of sulfonamides is 1. The Balaban J connectivity index is 1.70. The first-order chi connectivity index (χ1) is 15.0. The molecule has 3 rings (SSSR count). The summed E-state index contributed by atoms with van der Waals surface area (Å²) in [6, 6.07) is 9.54. The molecule has 0 spiro atoms. The predicted molar refractivity (Wildman–Crippen MR) is 110 cm³/mol. The van der Waals surface area contributed by atoms with Gasteiger partial charge in [0, 0.05) is 25.7 Å². The molecule has 0 radical (unpaired) electrons. The third-order valence-corrected chi connectivity index (χ3v) is 6.61. The number of carbonyl (C=O) groups is 1. The number of rotatable bonds is 7. The minimum absolute atomic E-state index is 0.0687. The van der Waals surface area contributed by atoms with E-state index in [1.807, 2.05) is 0 Å². The first kappa shape index (κ1) is 23.9. The second-order valence-corrected chi connectivity index (χ2v) is 9.04. The van der Waals surface area contributed by atoms with Crippen LogP contribution in [-0.2, 0) is 34.2 Å². The zero-order valence-corrected chi connectivity index (χ0v) is 18.3. The number of methoxy groups -OCH3 is 2. The van der Waals surface area contributed by atoms with Crippen molar-refractivity contribution in [1.29, 1.82) is 0 Å². The quantitative estimate of drug-likeness (QED) is 0.670. The SMILES string of the molecule is COc1cc(CCNS(=O)(=O)c2ccc3c(c2)CN(C(=O)C(F)(F)F)CC3)cc(OC)c1. The van der Waals surface area contributed by atoms with Crippen molar-refractivity contribution in [3.63, 3.8) is 0 Å². The number of fused-ring (bicyclic) bond motifs is 1. The van der Waals surface area contributed by atoms with Crippen LogP contribution in [0.2, 0.25) is 0 Å². The van der Waals surface area contributed by atoms with Gasteiger partial charge < -0.3 is 14.4 Å². The summed E-state index contributed by atoms with van der Waals surface area (Å²) in [4.78, 5) is 12.1. The van der Waals surface area contributed by atoms with Gasteiger partial charge in [0.2, 0.25) is 10.0 Å². The fraction of sp³-hybridized carbons (Fsp3) is 0.381. The highest BCUT2D eigenvalue weighted by molar-refractivity contribution is 7.89. The van der Waals surface area contributed by atoms with Gasteiger partial charge in [0.15, 0.2) is 0 Å². The Morgan fingerprint density at radius 2 is 1.72 bits per heavy atom. The fourth-order valence-corrected chi connectivity index (χ4v) is 4.56.